The second-order valence-electron chi connectivity index (χ2n) is 7.99. The van der Waals surface area contributed by atoms with Crippen molar-refractivity contribution in [3.8, 4) is 11.5 Å². The second-order valence-corrected chi connectivity index (χ2v) is 7.99. The summed E-state index contributed by atoms with van der Waals surface area (Å²) in [6.45, 7) is 4.09. The Morgan fingerprint density at radius 2 is 2.10 bits per heavy atom. The van der Waals surface area contributed by atoms with E-state index >= 15 is 0 Å². The maximum atomic E-state index is 13.6. The van der Waals surface area contributed by atoms with Crippen molar-refractivity contribution in [2.24, 2.45) is 17.3 Å². The highest BCUT2D eigenvalue weighted by molar-refractivity contribution is 5.94. The quantitative estimate of drug-likeness (QED) is 0.728. The summed E-state index contributed by atoms with van der Waals surface area (Å²) in [5.41, 5.74) is 0.429. The van der Waals surface area contributed by atoms with Crippen molar-refractivity contribution in [3.05, 3.63) is 60.1 Å². The van der Waals surface area contributed by atoms with E-state index in [9.17, 15) is 9.18 Å². The van der Waals surface area contributed by atoms with Gasteiger partial charge in [0.1, 0.15) is 11.6 Å². The molecule has 2 aromatic heterocycles. The highest BCUT2D eigenvalue weighted by atomic mass is 19.1. The third-order valence-electron chi connectivity index (χ3n) is 6.00. The van der Waals surface area contributed by atoms with Crippen molar-refractivity contribution in [1.29, 1.82) is 0 Å². The Hall–Kier alpha value is -3.29. The summed E-state index contributed by atoms with van der Waals surface area (Å²) in [5.74, 6) is 0.780. The number of ether oxygens (including phenoxy) is 2. The molecule has 1 unspecified atom stereocenters. The summed E-state index contributed by atoms with van der Waals surface area (Å²) in [7, 11) is 1.37. The fourth-order valence-corrected chi connectivity index (χ4v) is 4.14. The Morgan fingerprint density at radius 3 is 2.81 bits per heavy atom. The van der Waals surface area contributed by atoms with Crippen LogP contribution in [0.15, 0.2) is 42.8 Å². The fourth-order valence-electron chi connectivity index (χ4n) is 4.14. The summed E-state index contributed by atoms with van der Waals surface area (Å²) in [6, 6.07) is 1.38. The smallest absolute Gasteiger partial charge is 0.229 e. The highest BCUT2D eigenvalue weighted by Crippen LogP contribution is 2.60. The summed E-state index contributed by atoms with van der Waals surface area (Å²) < 4.78 is 24.7. The van der Waals surface area contributed by atoms with Gasteiger partial charge in [0.15, 0.2) is 17.3 Å². The number of nitrogens with one attached hydrogen (secondary N) is 1. The van der Waals surface area contributed by atoms with E-state index in [1.54, 1.807) is 6.20 Å². The number of hydrogen-bond donors (Lipinski definition) is 1. The average molecular weight is 424 g/mol. The van der Waals surface area contributed by atoms with Gasteiger partial charge in [-0.15, -0.1) is 0 Å². The Labute approximate surface area is 180 Å². The molecule has 1 amide bonds. The molecule has 7 nitrogen and oxygen atoms in total. The predicted octanol–water partition coefficient (Wildman–Crippen LogP) is 3.79. The molecule has 0 bridgehead atoms. The van der Waals surface area contributed by atoms with Gasteiger partial charge < -0.3 is 14.8 Å². The zero-order valence-electron chi connectivity index (χ0n) is 17.8. The van der Waals surface area contributed by atoms with Crippen LogP contribution in [0.4, 0.5) is 10.2 Å². The van der Waals surface area contributed by atoms with E-state index < -0.39 is 5.82 Å². The number of nitrogens with zero attached hydrogens (tertiary/aromatic N) is 3. The topological polar surface area (TPSA) is 86.2 Å². The second kappa shape index (κ2) is 8.45. The molecule has 2 aliphatic rings. The van der Waals surface area contributed by atoms with Crippen molar-refractivity contribution in [2.75, 3.05) is 19.0 Å². The number of hydrogen-bond acceptors (Lipinski definition) is 6. The maximum absolute atomic E-state index is 13.6. The number of carbonyl (C=O) groups is 1. The molecule has 8 heteroatoms. The molecular formula is C23H25FN4O3. The van der Waals surface area contributed by atoms with Crippen LogP contribution in [0.1, 0.15) is 24.4 Å². The maximum Gasteiger partial charge on any atom is 0.229 e. The molecule has 0 spiro atoms. The van der Waals surface area contributed by atoms with Crippen molar-refractivity contribution in [1.82, 2.24) is 15.0 Å². The number of anilines is 1. The molecule has 0 aliphatic heterocycles. The lowest BCUT2D eigenvalue weighted by molar-refractivity contribution is -0.118. The molecule has 0 aromatic carbocycles. The highest BCUT2D eigenvalue weighted by Gasteiger charge is 2.62. The van der Waals surface area contributed by atoms with Gasteiger partial charge in [0.2, 0.25) is 5.91 Å². The Kier molecular flexibility index (Phi) is 5.71. The molecule has 3 atom stereocenters. The fraction of sp³-hybridized carbons (Fsp3) is 0.391. The molecule has 2 aromatic rings. The third kappa shape index (κ3) is 4.28. The number of amides is 1. The van der Waals surface area contributed by atoms with Crippen LogP contribution < -0.4 is 14.8 Å². The molecule has 0 radical (unpaired) electrons. The number of pyridine rings is 1. The van der Waals surface area contributed by atoms with E-state index in [2.05, 4.69) is 32.4 Å². The largest absolute Gasteiger partial charge is 0.493 e. The molecule has 1 N–H and O–H groups in total. The molecule has 2 aliphatic carbocycles. The van der Waals surface area contributed by atoms with Gasteiger partial charge in [-0.3, -0.25) is 4.79 Å². The van der Waals surface area contributed by atoms with Gasteiger partial charge in [-0.1, -0.05) is 24.3 Å². The lowest BCUT2D eigenvalue weighted by Crippen LogP contribution is -2.29. The molecule has 162 valence electrons. The monoisotopic (exact) mass is 424 g/mol. The summed E-state index contributed by atoms with van der Waals surface area (Å²) in [4.78, 5) is 25.5. The van der Waals surface area contributed by atoms with E-state index in [-0.39, 0.29) is 34.7 Å². The van der Waals surface area contributed by atoms with Gasteiger partial charge in [-0.05, 0) is 32.6 Å². The van der Waals surface area contributed by atoms with Crippen LogP contribution >= 0.6 is 0 Å². The molecule has 1 saturated carbocycles. The number of halogens is 1. The van der Waals surface area contributed by atoms with Crippen LogP contribution in [0, 0.1) is 36.9 Å². The van der Waals surface area contributed by atoms with Crippen LogP contribution in [0.3, 0.4) is 0 Å². The first-order chi connectivity index (χ1) is 14.9. The van der Waals surface area contributed by atoms with Crippen LogP contribution in [0.25, 0.3) is 0 Å². The molecule has 4 rings (SSSR count). The number of allylic oxidation sites excluding steroid dienone is 4. The van der Waals surface area contributed by atoms with Crippen LogP contribution in [-0.4, -0.2) is 34.6 Å². The number of carbonyl (C=O) groups excluding carboxylic acids is 1. The summed E-state index contributed by atoms with van der Waals surface area (Å²) >= 11 is 0. The Bertz CT molecular complexity index is 1060. The standard InChI is InChI=1S/C23H25FN4O3/c1-14-20(12-25-15(2)27-14)31-13-23(16-7-5-4-6-8-16)10-17(23)22(29)28-21-9-19(30-3)18(24)11-26-21/h4-7,9,11-12,16-17H,8,10,13H2,1-3H3,(H,26,28,29)/t16?,17-,23+/m0/s1. The van der Waals surface area contributed by atoms with Crippen LogP contribution in [-0.2, 0) is 4.79 Å². The minimum atomic E-state index is -0.579. The lowest BCUT2D eigenvalue weighted by atomic mass is 9.82. The van der Waals surface area contributed by atoms with Gasteiger partial charge in [0, 0.05) is 17.4 Å². The lowest BCUT2D eigenvalue weighted by Gasteiger charge is -2.26. The summed E-state index contributed by atoms with van der Waals surface area (Å²) in [5, 5.41) is 2.80. The zero-order valence-corrected chi connectivity index (χ0v) is 17.8. The van der Waals surface area contributed by atoms with Gasteiger partial charge in [0.05, 0.1) is 31.8 Å². The first-order valence-electron chi connectivity index (χ1n) is 10.2. The normalized spacial score (nSPS) is 24.0. The average Bonchev–Trinajstić information content (AvgIpc) is 3.51. The van der Waals surface area contributed by atoms with Crippen molar-refractivity contribution in [2.45, 2.75) is 26.7 Å². The molecule has 1 fully saturated rings. The minimum Gasteiger partial charge on any atom is -0.493 e. The van der Waals surface area contributed by atoms with Crippen molar-refractivity contribution >= 4 is 11.7 Å². The number of rotatable bonds is 7. The number of aromatic nitrogens is 3. The number of methoxy groups -OCH3 is 1. The molecule has 0 saturated heterocycles. The SMILES string of the molecule is COc1cc(NC(=O)[C@@H]2C[C@@]2(COc2cnc(C)nc2C)C2C=CC=CC2)ncc1F. The van der Waals surface area contributed by atoms with Gasteiger partial charge >= 0.3 is 0 Å². The first kappa shape index (κ1) is 21.0. The predicted molar refractivity (Wildman–Crippen MR) is 113 cm³/mol. The van der Waals surface area contributed by atoms with Crippen LogP contribution in [0.2, 0.25) is 0 Å². The Morgan fingerprint density at radius 1 is 1.26 bits per heavy atom. The zero-order chi connectivity index (χ0) is 22.0. The van der Waals surface area contributed by atoms with E-state index in [1.165, 1.54) is 13.2 Å². The van der Waals surface area contributed by atoms with Gasteiger partial charge in [0.25, 0.3) is 0 Å². The van der Waals surface area contributed by atoms with Crippen molar-refractivity contribution < 1.29 is 18.7 Å². The van der Waals surface area contributed by atoms with Crippen LogP contribution in [0.5, 0.6) is 11.5 Å². The first-order valence-corrected chi connectivity index (χ1v) is 10.2. The molecule has 31 heavy (non-hydrogen) atoms. The Balaban J connectivity index is 1.51. The van der Waals surface area contributed by atoms with E-state index in [1.807, 2.05) is 26.0 Å². The van der Waals surface area contributed by atoms with E-state index in [4.69, 9.17) is 9.47 Å². The van der Waals surface area contributed by atoms with Crippen molar-refractivity contribution in [3.63, 3.8) is 0 Å². The molecule has 2 heterocycles. The van der Waals surface area contributed by atoms with Gasteiger partial charge in [-0.2, -0.15) is 0 Å². The molecular weight excluding hydrogens is 399 g/mol. The minimum absolute atomic E-state index is 0.0332. The summed E-state index contributed by atoms with van der Waals surface area (Å²) in [6.07, 6.45) is 12.5. The number of aryl methyl sites for hydroxylation is 2. The van der Waals surface area contributed by atoms with Gasteiger partial charge in [-0.25, -0.2) is 19.3 Å². The third-order valence-corrected chi connectivity index (χ3v) is 6.00. The van der Waals surface area contributed by atoms with E-state index in [0.717, 1.165) is 18.3 Å². The van der Waals surface area contributed by atoms with E-state index in [0.29, 0.717) is 24.6 Å².